The Bertz CT molecular complexity index is 1480. The van der Waals surface area contributed by atoms with E-state index in [9.17, 15) is 13.2 Å². The molecule has 0 spiro atoms. The van der Waals surface area contributed by atoms with E-state index in [4.69, 9.17) is 30.5 Å². The number of ether oxygens (including phenoxy) is 4. The molecular weight excluding hydrogens is 544 g/mol. The summed E-state index contributed by atoms with van der Waals surface area (Å²) in [6.07, 6.45) is 0.499. The predicted octanol–water partition coefficient (Wildman–Crippen LogP) is 4.98. The largest absolute Gasteiger partial charge is 0.495 e. The molecule has 4 rings (SSSR count). The van der Waals surface area contributed by atoms with Crippen LogP contribution < -0.4 is 28.6 Å². The van der Waals surface area contributed by atoms with Crippen LogP contribution in [0.5, 0.6) is 23.0 Å². The molecule has 0 fully saturated rings. The van der Waals surface area contributed by atoms with Gasteiger partial charge in [0.1, 0.15) is 23.6 Å². The molecule has 1 amide bonds. The summed E-state index contributed by atoms with van der Waals surface area (Å²) in [5, 5.41) is 3.28. The van der Waals surface area contributed by atoms with E-state index in [1.807, 2.05) is 38.1 Å². The van der Waals surface area contributed by atoms with E-state index in [1.165, 1.54) is 45.6 Å². The minimum Gasteiger partial charge on any atom is -0.495 e. The second-order valence-electron chi connectivity index (χ2n) is 9.57. The van der Waals surface area contributed by atoms with Crippen LogP contribution in [0.15, 0.2) is 65.6 Å². The van der Waals surface area contributed by atoms with Gasteiger partial charge in [-0.25, -0.2) is 8.42 Å². The number of hydrogen-bond donors (Lipinski definition) is 1. The topological polar surface area (TPSA) is 103 Å². The minimum atomic E-state index is -4.31. The number of methoxy groups -OCH3 is 3. The summed E-state index contributed by atoms with van der Waals surface area (Å²) >= 11 is 6.25. The maximum Gasteiger partial charge on any atom is 0.265 e. The van der Waals surface area contributed by atoms with Crippen LogP contribution >= 0.6 is 11.6 Å². The van der Waals surface area contributed by atoms with Gasteiger partial charge in [0.15, 0.2) is 11.5 Å². The highest BCUT2D eigenvalue weighted by Gasteiger charge is 2.36. The summed E-state index contributed by atoms with van der Waals surface area (Å²) in [5.74, 6) is 0.974. The Hall–Kier alpha value is -3.63. The number of fused-ring (bicyclic) bond motifs is 1. The molecule has 0 radical (unpaired) electrons. The normalized spacial score (nSPS) is 15.9. The molecule has 9 nitrogen and oxygen atoms in total. The molecule has 0 saturated carbocycles. The summed E-state index contributed by atoms with van der Waals surface area (Å²) < 4.78 is 51.1. The number of nitrogens with one attached hydrogen (secondary N) is 1. The van der Waals surface area contributed by atoms with Gasteiger partial charge in [0, 0.05) is 23.1 Å². The van der Waals surface area contributed by atoms with E-state index >= 15 is 0 Å². The number of para-hydroxylation sites is 1. The van der Waals surface area contributed by atoms with E-state index in [-0.39, 0.29) is 33.1 Å². The molecule has 11 heteroatoms. The molecule has 3 aromatic carbocycles. The fourth-order valence-corrected chi connectivity index (χ4v) is 6.17. The van der Waals surface area contributed by atoms with Gasteiger partial charge < -0.3 is 24.3 Å². The van der Waals surface area contributed by atoms with Crippen LogP contribution in [-0.2, 0) is 14.8 Å². The molecule has 0 aromatic heterocycles. The van der Waals surface area contributed by atoms with E-state index in [1.54, 1.807) is 12.1 Å². The van der Waals surface area contributed by atoms with Crippen molar-refractivity contribution >= 4 is 33.2 Å². The van der Waals surface area contributed by atoms with Gasteiger partial charge in [-0.15, -0.1) is 0 Å². The fourth-order valence-electron chi connectivity index (χ4n) is 4.56. The number of hydrogen-bond acceptors (Lipinski definition) is 7. The SMILES string of the molecule is COc1ccc(S(=O)(=O)N(CC(=O)NC2CC(C)(C)Oc3ccccc32)c2cc(Cl)ccc2OC)cc1OC. The molecule has 208 valence electrons. The van der Waals surface area contributed by atoms with Crippen LogP contribution in [0, 0.1) is 0 Å². The Morgan fingerprint density at radius 2 is 1.67 bits per heavy atom. The maximum atomic E-state index is 14.0. The van der Waals surface area contributed by atoms with Crippen molar-refractivity contribution in [3.05, 3.63) is 71.2 Å². The van der Waals surface area contributed by atoms with Crippen molar-refractivity contribution < 1.29 is 32.2 Å². The standard InChI is InChI=1S/C28H31ClN2O7S/c1-28(2)16-21(20-8-6-7-9-23(20)38-28)30-27(32)17-31(22-14-18(29)10-12-24(22)35-3)39(33,34)19-11-13-25(36-4)26(15-19)37-5/h6-15,21H,16-17H2,1-5H3,(H,30,32). The monoisotopic (exact) mass is 574 g/mol. The van der Waals surface area contributed by atoms with Crippen molar-refractivity contribution in [1.82, 2.24) is 5.32 Å². The van der Waals surface area contributed by atoms with Crippen LogP contribution in [0.4, 0.5) is 5.69 Å². The molecule has 1 heterocycles. The zero-order valence-corrected chi connectivity index (χ0v) is 23.9. The smallest absolute Gasteiger partial charge is 0.265 e. The van der Waals surface area contributed by atoms with Crippen LogP contribution in [0.25, 0.3) is 0 Å². The number of carbonyl (C=O) groups is 1. The minimum absolute atomic E-state index is 0.104. The van der Waals surface area contributed by atoms with Gasteiger partial charge in [0.2, 0.25) is 5.91 Å². The van der Waals surface area contributed by atoms with Gasteiger partial charge in [-0.1, -0.05) is 29.8 Å². The first kappa shape index (κ1) is 28.4. The zero-order chi connectivity index (χ0) is 28.4. The third-order valence-electron chi connectivity index (χ3n) is 6.35. The van der Waals surface area contributed by atoms with E-state index in [2.05, 4.69) is 5.32 Å². The van der Waals surface area contributed by atoms with Crippen molar-refractivity contribution in [2.75, 3.05) is 32.2 Å². The van der Waals surface area contributed by atoms with Crippen molar-refractivity contribution in [2.45, 2.75) is 36.8 Å². The first-order valence-electron chi connectivity index (χ1n) is 12.1. The number of nitrogens with zero attached hydrogens (tertiary/aromatic N) is 1. The Morgan fingerprint density at radius 3 is 2.36 bits per heavy atom. The van der Waals surface area contributed by atoms with Gasteiger partial charge in [-0.05, 0) is 50.2 Å². The van der Waals surface area contributed by atoms with E-state index < -0.39 is 28.1 Å². The third kappa shape index (κ3) is 6.02. The number of anilines is 1. The van der Waals surface area contributed by atoms with Gasteiger partial charge in [-0.2, -0.15) is 0 Å². The molecule has 1 unspecified atom stereocenters. The van der Waals surface area contributed by atoms with E-state index in [0.29, 0.717) is 17.9 Å². The molecule has 39 heavy (non-hydrogen) atoms. The highest BCUT2D eigenvalue weighted by Crippen LogP contribution is 2.40. The van der Waals surface area contributed by atoms with Crippen molar-refractivity contribution in [1.29, 1.82) is 0 Å². The van der Waals surface area contributed by atoms with Crippen molar-refractivity contribution in [3.8, 4) is 23.0 Å². The first-order valence-corrected chi connectivity index (χ1v) is 14.0. The average Bonchev–Trinajstić information content (AvgIpc) is 2.90. The lowest BCUT2D eigenvalue weighted by atomic mass is 9.89. The summed E-state index contributed by atoms with van der Waals surface area (Å²) in [7, 11) is -0.0319. The van der Waals surface area contributed by atoms with Crippen LogP contribution in [0.3, 0.4) is 0 Å². The van der Waals surface area contributed by atoms with Crippen molar-refractivity contribution in [3.63, 3.8) is 0 Å². The second-order valence-corrected chi connectivity index (χ2v) is 11.9. The Morgan fingerprint density at radius 1 is 1.00 bits per heavy atom. The maximum absolute atomic E-state index is 14.0. The number of halogens is 1. The average molecular weight is 575 g/mol. The number of carbonyl (C=O) groups excluding carboxylic acids is 1. The molecule has 0 saturated heterocycles. The van der Waals surface area contributed by atoms with E-state index in [0.717, 1.165) is 9.87 Å². The molecule has 1 N–H and O–H groups in total. The summed E-state index contributed by atoms with van der Waals surface area (Å²) in [4.78, 5) is 13.4. The quantitative estimate of drug-likeness (QED) is 0.384. The van der Waals surface area contributed by atoms with Gasteiger partial charge >= 0.3 is 0 Å². The fraction of sp³-hybridized carbons (Fsp3) is 0.321. The Balaban J connectivity index is 1.74. The predicted molar refractivity (Wildman–Crippen MR) is 149 cm³/mol. The van der Waals surface area contributed by atoms with Gasteiger partial charge in [-0.3, -0.25) is 9.10 Å². The molecular formula is C28H31ClN2O7S. The third-order valence-corrected chi connectivity index (χ3v) is 8.34. The van der Waals surface area contributed by atoms with Gasteiger partial charge in [0.25, 0.3) is 10.0 Å². The van der Waals surface area contributed by atoms with Gasteiger partial charge in [0.05, 0.1) is 38.0 Å². The summed E-state index contributed by atoms with van der Waals surface area (Å²) in [5.41, 5.74) is 0.399. The van der Waals surface area contributed by atoms with Crippen LogP contribution in [-0.4, -0.2) is 47.8 Å². The highest BCUT2D eigenvalue weighted by atomic mass is 35.5. The summed E-state index contributed by atoms with van der Waals surface area (Å²) in [6, 6.07) is 15.8. The molecule has 0 bridgehead atoms. The molecule has 0 aliphatic carbocycles. The number of sulfonamides is 1. The number of amides is 1. The molecule has 3 aromatic rings. The Kier molecular flexibility index (Phi) is 8.17. The Labute approximate surface area is 233 Å². The summed E-state index contributed by atoms with van der Waals surface area (Å²) in [6.45, 7) is 3.34. The van der Waals surface area contributed by atoms with Crippen LogP contribution in [0.1, 0.15) is 31.9 Å². The zero-order valence-electron chi connectivity index (χ0n) is 22.4. The lowest BCUT2D eigenvalue weighted by Gasteiger charge is -2.38. The molecule has 1 atom stereocenters. The van der Waals surface area contributed by atoms with Crippen molar-refractivity contribution in [2.24, 2.45) is 0 Å². The second kappa shape index (κ2) is 11.2. The first-order chi connectivity index (χ1) is 18.5. The van der Waals surface area contributed by atoms with Crippen LogP contribution in [0.2, 0.25) is 5.02 Å². The lowest BCUT2D eigenvalue weighted by Crippen LogP contribution is -2.45. The highest BCUT2D eigenvalue weighted by molar-refractivity contribution is 7.92. The lowest BCUT2D eigenvalue weighted by molar-refractivity contribution is -0.120. The molecule has 1 aliphatic heterocycles. The molecule has 1 aliphatic rings. The number of benzene rings is 3. The number of rotatable bonds is 9.